The number of rotatable bonds is 5. The van der Waals surface area contributed by atoms with E-state index in [0.717, 1.165) is 23.4 Å². The Hall–Kier alpha value is -1.65. The van der Waals surface area contributed by atoms with Crippen LogP contribution in [0.3, 0.4) is 0 Å². The Balaban J connectivity index is 1.92. The zero-order valence-electron chi connectivity index (χ0n) is 12.2. The maximum atomic E-state index is 12.1. The second kappa shape index (κ2) is 6.68. The first-order chi connectivity index (χ1) is 9.56. The van der Waals surface area contributed by atoms with E-state index in [0.29, 0.717) is 6.54 Å². The minimum atomic E-state index is 0.0649. The van der Waals surface area contributed by atoms with E-state index in [1.807, 2.05) is 39.1 Å². The molecular formula is C16H21N2OS+. The number of thiophene rings is 1. The van der Waals surface area contributed by atoms with Gasteiger partial charge in [-0.25, -0.2) is 0 Å². The number of hydrogen-bond donors (Lipinski definition) is 2. The fourth-order valence-electron chi connectivity index (χ4n) is 2.27. The van der Waals surface area contributed by atoms with E-state index >= 15 is 0 Å². The number of carbonyl (C=O) groups is 1. The predicted octanol–water partition coefficient (Wildman–Crippen LogP) is 2.02. The molecule has 0 aliphatic carbocycles. The number of carbonyl (C=O) groups excluding carboxylic acids is 1. The maximum absolute atomic E-state index is 12.1. The van der Waals surface area contributed by atoms with Crippen LogP contribution in [0.1, 0.15) is 16.7 Å². The zero-order valence-corrected chi connectivity index (χ0v) is 13.0. The molecule has 0 aliphatic heterocycles. The van der Waals surface area contributed by atoms with Gasteiger partial charge in [0.1, 0.15) is 6.54 Å². The Bertz CT molecular complexity index is 558. The number of likely N-dealkylation sites (N-methyl/N-ethyl adjacent to an activating group) is 1. The van der Waals surface area contributed by atoms with Crippen molar-refractivity contribution < 1.29 is 9.69 Å². The molecule has 2 rings (SSSR count). The molecule has 0 spiro atoms. The van der Waals surface area contributed by atoms with Gasteiger partial charge < -0.3 is 10.2 Å². The van der Waals surface area contributed by atoms with Crippen molar-refractivity contribution >= 4 is 22.9 Å². The van der Waals surface area contributed by atoms with E-state index in [9.17, 15) is 4.79 Å². The third kappa shape index (κ3) is 3.92. The lowest BCUT2D eigenvalue weighted by molar-refractivity contribution is -0.885. The molecule has 20 heavy (non-hydrogen) atoms. The lowest BCUT2D eigenvalue weighted by atomic mass is 10.1. The third-order valence-electron chi connectivity index (χ3n) is 3.29. The number of para-hydroxylation sites is 1. The average Bonchev–Trinajstić information content (AvgIpc) is 2.86. The van der Waals surface area contributed by atoms with Gasteiger partial charge in [0.2, 0.25) is 0 Å². The number of quaternary nitrogens is 1. The molecule has 1 heterocycles. The van der Waals surface area contributed by atoms with Crippen LogP contribution in [0.5, 0.6) is 0 Å². The van der Waals surface area contributed by atoms with Crippen LogP contribution >= 0.6 is 11.3 Å². The maximum Gasteiger partial charge on any atom is 0.279 e. The van der Waals surface area contributed by atoms with Gasteiger partial charge in [0.05, 0.1) is 7.05 Å². The van der Waals surface area contributed by atoms with E-state index < -0.39 is 0 Å². The van der Waals surface area contributed by atoms with Crippen LogP contribution in [0.15, 0.2) is 35.0 Å². The number of benzene rings is 1. The summed E-state index contributed by atoms with van der Waals surface area (Å²) in [7, 11) is 2.04. The van der Waals surface area contributed by atoms with Gasteiger partial charge in [0, 0.05) is 11.3 Å². The van der Waals surface area contributed by atoms with E-state index in [1.165, 1.54) is 10.5 Å². The minimum absolute atomic E-state index is 0.0649. The Morgan fingerprint density at radius 1 is 1.25 bits per heavy atom. The highest BCUT2D eigenvalue weighted by atomic mass is 32.1. The molecular weight excluding hydrogens is 268 g/mol. The Kier molecular flexibility index (Phi) is 4.93. The Morgan fingerprint density at radius 3 is 2.55 bits per heavy atom. The van der Waals surface area contributed by atoms with Crippen molar-refractivity contribution in [1.82, 2.24) is 0 Å². The van der Waals surface area contributed by atoms with Gasteiger partial charge in [0.15, 0.2) is 6.54 Å². The van der Waals surface area contributed by atoms with Crippen LogP contribution in [0.25, 0.3) is 0 Å². The summed E-state index contributed by atoms with van der Waals surface area (Å²) in [6, 6.07) is 8.15. The molecule has 0 saturated carbocycles. The van der Waals surface area contributed by atoms with Gasteiger partial charge in [-0.3, -0.25) is 4.79 Å². The zero-order chi connectivity index (χ0) is 14.5. The first kappa shape index (κ1) is 14.8. The summed E-state index contributed by atoms with van der Waals surface area (Å²) < 4.78 is 0. The standard InChI is InChI=1S/C16H20N2OS/c1-12-5-4-6-13(2)16(12)17-15(19)10-18(3)9-14-7-8-20-11-14/h4-8,11H,9-10H2,1-3H3,(H,17,19)/p+1. The fraction of sp³-hybridized carbons (Fsp3) is 0.312. The van der Waals surface area contributed by atoms with E-state index in [1.54, 1.807) is 11.3 Å². The molecule has 0 saturated heterocycles. The summed E-state index contributed by atoms with van der Waals surface area (Å²) in [5, 5.41) is 7.23. The summed E-state index contributed by atoms with van der Waals surface area (Å²) in [6.45, 7) is 5.39. The van der Waals surface area contributed by atoms with Gasteiger partial charge in [-0.1, -0.05) is 18.2 Å². The number of anilines is 1. The highest BCUT2D eigenvalue weighted by Crippen LogP contribution is 2.18. The number of nitrogens with one attached hydrogen (secondary N) is 2. The molecule has 3 nitrogen and oxygen atoms in total. The van der Waals surface area contributed by atoms with Crippen LogP contribution in [0, 0.1) is 13.8 Å². The first-order valence-corrected chi connectivity index (χ1v) is 7.69. The molecule has 1 aromatic carbocycles. The quantitative estimate of drug-likeness (QED) is 0.867. The van der Waals surface area contributed by atoms with Crippen LogP contribution in [-0.4, -0.2) is 19.5 Å². The highest BCUT2D eigenvalue weighted by molar-refractivity contribution is 7.07. The van der Waals surface area contributed by atoms with Gasteiger partial charge >= 0.3 is 0 Å². The third-order valence-corrected chi connectivity index (χ3v) is 4.03. The molecule has 0 aliphatic rings. The summed E-state index contributed by atoms with van der Waals surface area (Å²) in [5.41, 5.74) is 4.44. The molecule has 4 heteroatoms. The largest absolute Gasteiger partial charge is 0.326 e. The monoisotopic (exact) mass is 289 g/mol. The van der Waals surface area contributed by atoms with Crippen molar-refractivity contribution in [3.8, 4) is 0 Å². The van der Waals surface area contributed by atoms with Gasteiger partial charge in [-0.05, 0) is 41.8 Å². The predicted molar refractivity (Wildman–Crippen MR) is 84.3 cm³/mol. The minimum Gasteiger partial charge on any atom is -0.326 e. The summed E-state index contributed by atoms with van der Waals surface area (Å²) in [6.07, 6.45) is 0. The molecule has 0 bridgehead atoms. The molecule has 2 aromatic rings. The van der Waals surface area contributed by atoms with Gasteiger partial charge in [-0.15, -0.1) is 0 Å². The highest BCUT2D eigenvalue weighted by Gasteiger charge is 2.13. The molecule has 2 N–H and O–H groups in total. The van der Waals surface area contributed by atoms with Crippen molar-refractivity contribution in [1.29, 1.82) is 0 Å². The van der Waals surface area contributed by atoms with Crippen LogP contribution in [0.4, 0.5) is 5.69 Å². The molecule has 1 atom stereocenters. The Morgan fingerprint density at radius 2 is 1.95 bits per heavy atom. The summed E-state index contributed by atoms with van der Waals surface area (Å²) >= 11 is 1.69. The van der Waals surface area contributed by atoms with Crippen molar-refractivity contribution in [2.45, 2.75) is 20.4 Å². The fourth-order valence-corrected chi connectivity index (χ4v) is 2.94. The second-order valence-corrected chi connectivity index (χ2v) is 6.04. The van der Waals surface area contributed by atoms with Crippen molar-refractivity contribution in [3.05, 3.63) is 51.7 Å². The number of amides is 1. The normalized spacial score (nSPS) is 12.2. The SMILES string of the molecule is Cc1cccc(C)c1NC(=O)C[NH+](C)Cc1ccsc1. The molecule has 1 aromatic heterocycles. The van der Waals surface area contributed by atoms with Gasteiger partial charge in [-0.2, -0.15) is 11.3 Å². The van der Waals surface area contributed by atoms with Crippen LogP contribution in [0.2, 0.25) is 0 Å². The lowest BCUT2D eigenvalue weighted by Crippen LogP contribution is -3.08. The average molecular weight is 289 g/mol. The molecule has 1 amide bonds. The number of aryl methyl sites for hydroxylation is 2. The van der Waals surface area contributed by atoms with E-state index in [4.69, 9.17) is 0 Å². The van der Waals surface area contributed by atoms with Crippen LogP contribution in [-0.2, 0) is 11.3 Å². The lowest BCUT2D eigenvalue weighted by Gasteiger charge is -2.15. The summed E-state index contributed by atoms with van der Waals surface area (Å²) in [4.78, 5) is 13.3. The topological polar surface area (TPSA) is 33.5 Å². The van der Waals surface area contributed by atoms with E-state index in [-0.39, 0.29) is 5.91 Å². The second-order valence-electron chi connectivity index (χ2n) is 5.26. The Labute approximate surface area is 124 Å². The van der Waals surface area contributed by atoms with Crippen molar-refractivity contribution in [3.63, 3.8) is 0 Å². The smallest absolute Gasteiger partial charge is 0.279 e. The first-order valence-electron chi connectivity index (χ1n) is 6.74. The van der Waals surface area contributed by atoms with Gasteiger partial charge in [0.25, 0.3) is 5.91 Å². The molecule has 106 valence electrons. The van der Waals surface area contributed by atoms with E-state index in [2.05, 4.69) is 22.1 Å². The molecule has 0 fully saturated rings. The van der Waals surface area contributed by atoms with Crippen LogP contribution < -0.4 is 10.2 Å². The molecule has 0 radical (unpaired) electrons. The van der Waals surface area contributed by atoms with Crippen molar-refractivity contribution in [2.75, 3.05) is 18.9 Å². The van der Waals surface area contributed by atoms with Crippen molar-refractivity contribution in [2.24, 2.45) is 0 Å². The summed E-state index contributed by atoms with van der Waals surface area (Å²) in [5.74, 6) is 0.0649. The number of hydrogen-bond acceptors (Lipinski definition) is 2. The molecule has 1 unspecified atom stereocenters.